The van der Waals surface area contributed by atoms with Gasteiger partial charge in [-0.25, -0.2) is 4.79 Å². The van der Waals surface area contributed by atoms with E-state index >= 15 is 0 Å². The molecule has 0 N–H and O–H groups in total. The van der Waals surface area contributed by atoms with Crippen LogP contribution in [0.3, 0.4) is 0 Å². The van der Waals surface area contributed by atoms with Crippen molar-refractivity contribution in [1.29, 1.82) is 0 Å². The topological polar surface area (TPSA) is 71.1 Å². The molecule has 1 aliphatic carbocycles. The fraction of sp³-hybridized carbons (Fsp3) is 0.545. The van der Waals surface area contributed by atoms with Gasteiger partial charge in [0.05, 0.1) is 18.1 Å². The van der Waals surface area contributed by atoms with Gasteiger partial charge in [-0.15, -0.1) is 0 Å². The summed E-state index contributed by atoms with van der Waals surface area (Å²) in [6.07, 6.45) is 2.79. The molecule has 1 aromatic carbocycles. The molecule has 0 saturated heterocycles. The van der Waals surface area contributed by atoms with Gasteiger partial charge in [-0.05, 0) is 63.8 Å². The van der Waals surface area contributed by atoms with Crippen LogP contribution in [0.15, 0.2) is 30.2 Å². The van der Waals surface area contributed by atoms with E-state index in [1.165, 1.54) is 6.26 Å². The molecule has 0 bridgehead atoms. The molecule has 6 heteroatoms. The average Bonchev–Trinajstić information content (AvgIpc) is 2.61. The maximum Gasteiger partial charge on any atom is 0.332 e. The third-order valence-electron chi connectivity index (χ3n) is 4.90. The van der Waals surface area contributed by atoms with Gasteiger partial charge in [0.25, 0.3) is 0 Å². The number of Topliss-reactive ketones (excluding diaryl/α,β-unsaturated/α-hetero) is 1. The van der Waals surface area contributed by atoms with Crippen LogP contribution in [0.2, 0.25) is 0 Å². The number of ketones is 1. The van der Waals surface area contributed by atoms with Crippen molar-refractivity contribution in [1.82, 2.24) is 0 Å². The largest absolute Gasteiger partial charge is 0.493 e. The Labute approximate surface area is 165 Å². The number of carbonyl (C=O) groups is 2. The van der Waals surface area contributed by atoms with Crippen LogP contribution in [0, 0.1) is 19.8 Å². The lowest BCUT2D eigenvalue weighted by Crippen LogP contribution is -2.43. The fourth-order valence-corrected chi connectivity index (χ4v) is 3.76. The highest BCUT2D eigenvalue weighted by molar-refractivity contribution is 5.96. The number of hydrogen-bond acceptors (Lipinski definition) is 6. The number of ether oxygens (including phenoxy) is 4. The van der Waals surface area contributed by atoms with Crippen molar-refractivity contribution in [2.75, 3.05) is 6.61 Å². The Balaban J connectivity index is 1.57. The number of benzene rings is 1. The van der Waals surface area contributed by atoms with E-state index in [-0.39, 0.29) is 48.3 Å². The van der Waals surface area contributed by atoms with Gasteiger partial charge >= 0.3 is 5.97 Å². The Bertz CT molecular complexity index is 746. The zero-order valence-corrected chi connectivity index (χ0v) is 16.9. The van der Waals surface area contributed by atoms with Gasteiger partial charge in [0.2, 0.25) is 11.5 Å². The number of allylic oxidation sites excluding steroid dienone is 1. The van der Waals surface area contributed by atoms with Gasteiger partial charge in [-0.1, -0.05) is 6.07 Å². The molecule has 28 heavy (non-hydrogen) atoms. The third-order valence-corrected chi connectivity index (χ3v) is 4.90. The number of aryl methyl sites for hydroxylation is 2. The van der Waals surface area contributed by atoms with E-state index in [0.717, 1.165) is 11.1 Å². The molecule has 1 fully saturated rings. The first-order chi connectivity index (χ1) is 13.3. The first kappa shape index (κ1) is 20.4. The molecule has 3 atom stereocenters. The van der Waals surface area contributed by atoms with Crippen LogP contribution in [-0.4, -0.2) is 36.7 Å². The Kier molecular flexibility index (Phi) is 6.39. The van der Waals surface area contributed by atoms with Crippen LogP contribution in [-0.2, 0) is 23.8 Å². The monoisotopic (exact) mass is 388 g/mol. The smallest absolute Gasteiger partial charge is 0.332 e. The van der Waals surface area contributed by atoms with E-state index in [4.69, 9.17) is 18.9 Å². The van der Waals surface area contributed by atoms with Crippen LogP contribution >= 0.6 is 0 Å². The second kappa shape index (κ2) is 8.78. The molecule has 0 amide bonds. The van der Waals surface area contributed by atoms with Gasteiger partial charge < -0.3 is 18.9 Å². The maximum absolute atomic E-state index is 12.8. The first-order valence-corrected chi connectivity index (χ1v) is 9.79. The molecular formula is C22H28O6. The molecule has 3 unspecified atom stereocenters. The molecule has 0 aromatic heterocycles. The SMILES string of the molecule is Cc1cc(C)cc(OC2=COC3CC(OCC(=O)OC(C)C)CCC3C2=O)c1. The summed E-state index contributed by atoms with van der Waals surface area (Å²) in [5.41, 5.74) is 2.15. The quantitative estimate of drug-likeness (QED) is 0.693. The minimum atomic E-state index is -0.373. The van der Waals surface area contributed by atoms with Gasteiger partial charge in [-0.2, -0.15) is 0 Å². The summed E-state index contributed by atoms with van der Waals surface area (Å²) in [7, 11) is 0. The minimum Gasteiger partial charge on any atom is -0.493 e. The van der Waals surface area contributed by atoms with Crippen LogP contribution in [0.4, 0.5) is 0 Å². The second-order valence-electron chi connectivity index (χ2n) is 7.84. The molecule has 0 radical (unpaired) electrons. The molecule has 1 aliphatic heterocycles. The molecule has 1 heterocycles. The summed E-state index contributed by atoms with van der Waals surface area (Å²) in [6, 6.07) is 5.84. The molecule has 1 saturated carbocycles. The number of carbonyl (C=O) groups excluding carboxylic acids is 2. The van der Waals surface area contributed by atoms with E-state index < -0.39 is 0 Å². The molecular weight excluding hydrogens is 360 g/mol. The lowest BCUT2D eigenvalue weighted by Gasteiger charge is -2.37. The van der Waals surface area contributed by atoms with Crippen molar-refractivity contribution in [3.63, 3.8) is 0 Å². The third kappa shape index (κ3) is 5.13. The average molecular weight is 388 g/mol. The highest BCUT2D eigenvalue weighted by Gasteiger charge is 2.41. The lowest BCUT2D eigenvalue weighted by molar-refractivity contribution is -0.158. The molecule has 152 valence electrons. The van der Waals surface area contributed by atoms with E-state index in [2.05, 4.69) is 6.07 Å². The van der Waals surface area contributed by atoms with Crippen molar-refractivity contribution in [2.24, 2.45) is 5.92 Å². The zero-order chi connectivity index (χ0) is 20.3. The van der Waals surface area contributed by atoms with E-state index in [1.807, 2.05) is 26.0 Å². The van der Waals surface area contributed by atoms with Crippen LogP contribution < -0.4 is 4.74 Å². The molecule has 0 spiro atoms. The van der Waals surface area contributed by atoms with Crippen LogP contribution in [0.1, 0.15) is 44.2 Å². The summed E-state index contributed by atoms with van der Waals surface area (Å²) >= 11 is 0. The zero-order valence-electron chi connectivity index (χ0n) is 16.9. The summed E-state index contributed by atoms with van der Waals surface area (Å²) in [6.45, 7) is 7.50. The number of esters is 1. The van der Waals surface area contributed by atoms with Crippen molar-refractivity contribution in [3.8, 4) is 5.75 Å². The van der Waals surface area contributed by atoms with Crippen molar-refractivity contribution >= 4 is 11.8 Å². The number of hydrogen-bond donors (Lipinski definition) is 0. The second-order valence-corrected chi connectivity index (χ2v) is 7.84. The van der Waals surface area contributed by atoms with E-state index in [1.54, 1.807) is 13.8 Å². The van der Waals surface area contributed by atoms with Crippen LogP contribution in [0.25, 0.3) is 0 Å². The predicted molar refractivity (Wildman–Crippen MR) is 103 cm³/mol. The van der Waals surface area contributed by atoms with Crippen molar-refractivity contribution in [2.45, 2.75) is 65.3 Å². The normalized spacial score (nSPS) is 24.2. The summed E-state index contributed by atoms with van der Waals surface area (Å²) < 4.78 is 22.3. The number of fused-ring (bicyclic) bond motifs is 1. The Morgan fingerprint density at radius 1 is 1.18 bits per heavy atom. The van der Waals surface area contributed by atoms with Gasteiger partial charge in [-0.3, -0.25) is 4.79 Å². The molecule has 1 aromatic rings. The fourth-order valence-electron chi connectivity index (χ4n) is 3.76. The minimum absolute atomic E-state index is 0.0342. The Hall–Kier alpha value is -2.34. The molecule has 2 aliphatic rings. The predicted octanol–water partition coefficient (Wildman–Crippen LogP) is 3.63. The number of rotatable bonds is 6. The van der Waals surface area contributed by atoms with E-state index in [0.29, 0.717) is 25.0 Å². The summed E-state index contributed by atoms with van der Waals surface area (Å²) in [4.78, 5) is 24.5. The van der Waals surface area contributed by atoms with Crippen molar-refractivity contribution in [3.05, 3.63) is 41.3 Å². The Morgan fingerprint density at radius 2 is 1.89 bits per heavy atom. The maximum atomic E-state index is 12.8. The van der Waals surface area contributed by atoms with Crippen LogP contribution in [0.5, 0.6) is 5.75 Å². The highest BCUT2D eigenvalue weighted by Crippen LogP contribution is 2.35. The summed E-state index contributed by atoms with van der Waals surface area (Å²) in [5.74, 6) is 0.231. The highest BCUT2D eigenvalue weighted by atomic mass is 16.6. The lowest BCUT2D eigenvalue weighted by atomic mass is 9.80. The molecule has 6 nitrogen and oxygen atoms in total. The Morgan fingerprint density at radius 3 is 2.57 bits per heavy atom. The van der Waals surface area contributed by atoms with E-state index in [9.17, 15) is 9.59 Å². The van der Waals surface area contributed by atoms with Crippen molar-refractivity contribution < 1.29 is 28.5 Å². The van der Waals surface area contributed by atoms with Gasteiger partial charge in [0.1, 0.15) is 24.7 Å². The van der Waals surface area contributed by atoms with Gasteiger partial charge in [0, 0.05) is 6.42 Å². The first-order valence-electron chi connectivity index (χ1n) is 9.79. The summed E-state index contributed by atoms with van der Waals surface area (Å²) in [5, 5.41) is 0. The van der Waals surface area contributed by atoms with Gasteiger partial charge in [0.15, 0.2) is 0 Å². The molecule has 3 rings (SSSR count). The standard InChI is InChI=1S/C22H28O6/c1-13(2)27-21(23)12-25-16-5-6-18-19(10-16)26-11-20(22(18)24)28-17-8-14(3)7-15(4)9-17/h7-9,11,13,16,18-19H,5-6,10,12H2,1-4H3.